The lowest BCUT2D eigenvalue weighted by Crippen LogP contribution is -2.27. The maximum absolute atomic E-state index is 12.3. The molecule has 2 rings (SSSR count). The number of hydrogen-bond acceptors (Lipinski definition) is 4. The lowest BCUT2D eigenvalue weighted by molar-refractivity contribution is 0.0635. The van der Waals surface area contributed by atoms with Gasteiger partial charge in [0.1, 0.15) is 5.60 Å². The molecule has 0 bridgehead atoms. The topological polar surface area (TPSA) is 93.5 Å². The minimum absolute atomic E-state index is 0.298. The number of ether oxygens (including phenoxy) is 1. The van der Waals surface area contributed by atoms with Crippen molar-refractivity contribution < 1.29 is 14.3 Å². The van der Waals surface area contributed by atoms with Gasteiger partial charge in [0.15, 0.2) is 0 Å². The molecule has 4 N–H and O–H groups in total. The fraction of sp³-hybridized carbons (Fsp3) is 0.222. The second-order valence-electron chi connectivity index (χ2n) is 6.25. The van der Waals surface area contributed by atoms with Crippen LogP contribution in [0, 0.1) is 0 Å². The second kappa shape index (κ2) is 7.04. The van der Waals surface area contributed by atoms with Crippen LogP contribution >= 0.6 is 0 Å². The van der Waals surface area contributed by atoms with E-state index in [-0.39, 0.29) is 5.91 Å². The average molecular weight is 327 g/mol. The summed E-state index contributed by atoms with van der Waals surface area (Å²) in [6.07, 6.45) is -0.586. The molecule has 24 heavy (non-hydrogen) atoms. The van der Waals surface area contributed by atoms with Gasteiger partial charge < -0.3 is 15.8 Å². The van der Waals surface area contributed by atoms with Crippen molar-refractivity contribution >= 4 is 29.1 Å². The molecule has 126 valence electrons. The zero-order valence-corrected chi connectivity index (χ0v) is 13.9. The van der Waals surface area contributed by atoms with E-state index in [4.69, 9.17) is 10.5 Å². The van der Waals surface area contributed by atoms with Crippen molar-refractivity contribution in [3.8, 4) is 0 Å². The van der Waals surface area contributed by atoms with Crippen LogP contribution in [0.15, 0.2) is 48.5 Å². The summed E-state index contributed by atoms with van der Waals surface area (Å²) in [4.78, 5) is 24.2. The van der Waals surface area contributed by atoms with E-state index in [0.717, 1.165) is 0 Å². The Kier molecular flexibility index (Phi) is 5.08. The molecule has 0 atom stereocenters. The third kappa shape index (κ3) is 5.01. The summed E-state index contributed by atoms with van der Waals surface area (Å²) < 4.78 is 5.22. The lowest BCUT2D eigenvalue weighted by atomic mass is 10.2. The number of amides is 2. The van der Waals surface area contributed by atoms with E-state index in [1.807, 2.05) is 0 Å². The van der Waals surface area contributed by atoms with Gasteiger partial charge in [0, 0.05) is 11.3 Å². The van der Waals surface area contributed by atoms with Crippen LogP contribution in [0.2, 0.25) is 0 Å². The monoisotopic (exact) mass is 327 g/mol. The number of nitrogen functional groups attached to an aromatic ring is 1. The first-order valence-electron chi connectivity index (χ1n) is 7.50. The van der Waals surface area contributed by atoms with Gasteiger partial charge >= 0.3 is 6.09 Å². The zero-order chi connectivity index (χ0) is 17.7. The highest BCUT2D eigenvalue weighted by molar-refractivity contribution is 6.07. The number of rotatable bonds is 3. The fourth-order valence-corrected chi connectivity index (χ4v) is 1.94. The summed E-state index contributed by atoms with van der Waals surface area (Å²) in [5.74, 6) is -0.298. The molecular weight excluding hydrogens is 306 g/mol. The van der Waals surface area contributed by atoms with Crippen molar-refractivity contribution in [1.29, 1.82) is 0 Å². The van der Waals surface area contributed by atoms with Crippen LogP contribution in [0.3, 0.4) is 0 Å². The SMILES string of the molecule is CC(C)(C)OC(=O)Nc1ccccc1NC(=O)c1ccc(N)cc1. The van der Waals surface area contributed by atoms with Crippen LogP contribution < -0.4 is 16.4 Å². The molecule has 0 saturated carbocycles. The Morgan fingerprint density at radius 2 is 1.46 bits per heavy atom. The molecular formula is C18H21N3O3. The molecule has 0 spiro atoms. The summed E-state index contributed by atoms with van der Waals surface area (Å²) in [6, 6.07) is 13.5. The number of hydrogen-bond donors (Lipinski definition) is 3. The normalized spacial score (nSPS) is 10.8. The third-order valence-corrected chi connectivity index (χ3v) is 2.98. The molecule has 0 aliphatic heterocycles. The fourth-order valence-electron chi connectivity index (χ4n) is 1.94. The Morgan fingerprint density at radius 3 is 2.00 bits per heavy atom. The Labute approximate surface area is 141 Å². The Morgan fingerprint density at radius 1 is 0.917 bits per heavy atom. The highest BCUT2D eigenvalue weighted by atomic mass is 16.6. The van der Waals surface area contributed by atoms with Crippen molar-refractivity contribution in [1.82, 2.24) is 0 Å². The van der Waals surface area contributed by atoms with Gasteiger partial charge in [0.05, 0.1) is 11.4 Å². The number of carbonyl (C=O) groups is 2. The average Bonchev–Trinajstić information content (AvgIpc) is 2.48. The van der Waals surface area contributed by atoms with Crippen molar-refractivity contribution in [2.75, 3.05) is 16.4 Å². The van der Waals surface area contributed by atoms with Gasteiger partial charge in [-0.25, -0.2) is 4.79 Å². The van der Waals surface area contributed by atoms with Crippen molar-refractivity contribution in [3.63, 3.8) is 0 Å². The van der Waals surface area contributed by atoms with Gasteiger partial charge in [0.2, 0.25) is 0 Å². The minimum atomic E-state index is -0.605. The van der Waals surface area contributed by atoms with Crippen molar-refractivity contribution in [2.24, 2.45) is 0 Å². The summed E-state index contributed by atoms with van der Waals surface area (Å²) in [5, 5.41) is 5.40. The highest BCUT2D eigenvalue weighted by Gasteiger charge is 2.17. The van der Waals surface area contributed by atoms with Crippen LogP contribution in [0.1, 0.15) is 31.1 Å². The standard InChI is InChI=1S/C18H21N3O3/c1-18(2,3)24-17(23)21-15-7-5-4-6-14(15)20-16(22)12-8-10-13(19)11-9-12/h4-11H,19H2,1-3H3,(H,20,22)(H,21,23). The summed E-state index contributed by atoms with van der Waals surface area (Å²) in [6.45, 7) is 5.34. The van der Waals surface area contributed by atoms with E-state index in [1.54, 1.807) is 69.3 Å². The molecule has 0 saturated heterocycles. The number of nitrogens with one attached hydrogen (secondary N) is 2. The number of nitrogens with two attached hydrogens (primary N) is 1. The first kappa shape index (κ1) is 17.3. The Hall–Kier alpha value is -3.02. The molecule has 2 aromatic carbocycles. The van der Waals surface area contributed by atoms with Crippen LogP contribution in [0.25, 0.3) is 0 Å². The van der Waals surface area contributed by atoms with Gasteiger partial charge in [0.25, 0.3) is 5.91 Å². The first-order valence-corrected chi connectivity index (χ1v) is 7.50. The van der Waals surface area contributed by atoms with Gasteiger partial charge in [-0.15, -0.1) is 0 Å². The van der Waals surface area contributed by atoms with Gasteiger partial charge in [-0.05, 0) is 57.2 Å². The van der Waals surface area contributed by atoms with Crippen molar-refractivity contribution in [2.45, 2.75) is 26.4 Å². The zero-order valence-electron chi connectivity index (χ0n) is 13.9. The second-order valence-corrected chi connectivity index (χ2v) is 6.25. The summed E-state index contributed by atoms with van der Waals surface area (Å²) >= 11 is 0. The van der Waals surface area contributed by atoms with E-state index in [1.165, 1.54) is 0 Å². The molecule has 2 aromatic rings. The molecule has 0 aliphatic carbocycles. The number of carbonyl (C=O) groups excluding carboxylic acids is 2. The smallest absolute Gasteiger partial charge is 0.412 e. The number of benzene rings is 2. The van der Waals surface area contributed by atoms with E-state index >= 15 is 0 Å². The molecule has 0 aliphatic rings. The van der Waals surface area contributed by atoms with E-state index in [0.29, 0.717) is 22.6 Å². The van der Waals surface area contributed by atoms with E-state index in [2.05, 4.69) is 10.6 Å². The lowest BCUT2D eigenvalue weighted by Gasteiger charge is -2.20. The molecule has 0 aromatic heterocycles. The highest BCUT2D eigenvalue weighted by Crippen LogP contribution is 2.23. The summed E-state index contributed by atoms with van der Waals surface area (Å²) in [5.41, 5.74) is 6.99. The van der Waals surface area contributed by atoms with Gasteiger partial charge in [-0.1, -0.05) is 12.1 Å². The van der Waals surface area contributed by atoms with Crippen LogP contribution in [-0.2, 0) is 4.74 Å². The molecule has 2 amide bonds. The molecule has 6 nitrogen and oxygen atoms in total. The molecule has 0 fully saturated rings. The Balaban J connectivity index is 2.12. The van der Waals surface area contributed by atoms with Gasteiger partial charge in [-0.3, -0.25) is 10.1 Å². The number of anilines is 3. The third-order valence-electron chi connectivity index (χ3n) is 2.98. The predicted molar refractivity (Wildman–Crippen MR) is 95.1 cm³/mol. The molecule has 0 radical (unpaired) electrons. The van der Waals surface area contributed by atoms with Crippen LogP contribution in [0.4, 0.5) is 21.9 Å². The molecule has 0 unspecified atom stereocenters. The molecule has 6 heteroatoms. The molecule has 0 heterocycles. The maximum atomic E-state index is 12.3. The van der Waals surface area contributed by atoms with E-state index in [9.17, 15) is 9.59 Å². The first-order chi connectivity index (χ1) is 11.2. The summed E-state index contributed by atoms with van der Waals surface area (Å²) in [7, 11) is 0. The number of para-hydroxylation sites is 2. The largest absolute Gasteiger partial charge is 0.444 e. The van der Waals surface area contributed by atoms with Crippen LogP contribution in [0.5, 0.6) is 0 Å². The predicted octanol–water partition coefficient (Wildman–Crippen LogP) is 3.87. The minimum Gasteiger partial charge on any atom is -0.444 e. The maximum Gasteiger partial charge on any atom is 0.412 e. The van der Waals surface area contributed by atoms with Gasteiger partial charge in [-0.2, -0.15) is 0 Å². The van der Waals surface area contributed by atoms with Crippen molar-refractivity contribution in [3.05, 3.63) is 54.1 Å². The van der Waals surface area contributed by atoms with Crippen LogP contribution in [-0.4, -0.2) is 17.6 Å². The van der Waals surface area contributed by atoms with E-state index < -0.39 is 11.7 Å². The Bertz CT molecular complexity index is 734. The quantitative estimate of drug-likeness (QED) is 0.746.